The number of amides is 2. The molecule has 208 valence electrons. The van der Waals surface area contributed by atoms with Gasteiger partial charge in [-0.2, -0.15) is 0 Å². The van der Waals surface area contributed by atoms with Crippen LogP contribution < -0.4 is 14.4 Å². The third-order valence-electron chi connectivity index (χ3n) is 6.32. The Morgan fingerprint density at radius 1 is 0.846 bits per heavy atom. The number of hydrogen-bond donors (Lipinski definition) is 1. The lowest BCUT2D eigenvalue weighted by Gasteiger charge is -2.32. The lowest BCUT2D eigenvalue weighted by Crippen LogP contribution is -2.52. The molecule has 1 N–H and O–H groups in total. The highest BCUT2D eigenvalue weighted by Crippen LogP contribution is 2.26. The van der Waals surface area contributed by atoms with Gasteiger partial charge in [0.1, 0.15) is 18.3 Å². The molecule has 39 heavy (non-hydrogen) atoms. The first-order valence-corrected chi connectivity index (χ1v) is 14.2. The van der Waals surface area contributed by atoms with Crippen LogP contribution in [0.25, 0.3) is 0 Å². The summed E-state index contributed by atoms with van der Waals surface area (Å²) in [5.74, 6) is -0.300. The number of ether oxygens (including phenoxy) is 1. The van der Waals surface area contributed by atoms with Gasteiger partial charge in [-0.3, -0.25) is 13.9 Å². The van der Waals surface area contributed by atoms with E-state index in [1.165, 1.54) is 24.1 Å². The number of nitrogens with zero attached hydrogens (tertiary/aromatic N) is 2. The van der Waals surface area contributed by atoms with E-state index < -0.39 is 28.5 Å². The highest BCUT2D eigenvalue weighted by molar-refractivity contribution is 7.92. The van der Waals surface area contributed by atoms with Crippen LogP contribution in [0.1, 0.15) is 37.5 Å². The maximum atomic E-state index is 13.9. The van der Waals surface area contributed by atoms with Crippen molar-refractivity contribution in [1.82, 2.24) is 10.2 Å². The number of benzene rings is 3. The minimum atomic E-state index is -4.13. The largest absolute Gasteiger partial charge is 0.497 e. The molecule has 0 aromatic heterocycles. The second-order valence-corrected chi connectivity index (χ2v) is 11.7. The molecule has 0 aliphatic heterocycles. The van der Waals surface area contributed by atoms with Crippen molar-refractivity contribution in [1.29, 1.82) is 0 Å². The lowest BCUT2D eigenvalue weighted by atomic mass is 10.1. The number of carbonyl (C=O) groups is 2. The molecular weight excluding hydrogens is 514 g/mol. The fourth-order valence-corrected chi connectivity index (χ4v) is 5.41. The van der Waals surface area contributed by atoms with E-state index in [-0.39, 0.29) is 23.4 Å². The van der Waals surface area contributed by atoms with E-state index in [1.807, 2.05) is 52.0 Å². The molecule has 8 nitrogen and oxygen atoms in total. The Morgan fingerprint density at radius 3 is 1.90 bits per heavy atom. The van der Waals surface area contributed by atoms with Crippen molar-refractivity contribution in [2.24, 2.45) is 0 Å². The summed E-state index contributed by atoms with van der Waals surface area (Å²) in [6.07, 6.45) is 0. The van der Waals surface area contributed by atoms with Gasteiger partial charge in [-0.25, -0.2) is 8.42 Å². The molecule has 0 aliphatic rings. The molecule has 3 rings (SSSR count). The van der Waals surface area contributed by atoms with E-state index in [4.69, 9.17) is 4.74 Å². The van der Waals surface area contributed by atoms with Crippen molar-refractivity contribution in [3.05, 3.63) is 89.5 Å². The molecule has 0 saturated carbocycles. The first-order valence-electron chi connectivity index (χ1n) is 12.8. The van der Waals surface area contributed by atoms with Crippen LogP contribution >= 0.6 is 0 Å². The molecule has 0 bridgehead atoms. The molecule has 0 radical (unpaired) electrons. The summed E-state index contributed by atoms with van der Waals surface area (Å²) in [5, 5.41) is 2.85. The van der Waals surface area contributed by atoms with Crippen LogP contribution in [0.4, 0.5) is 5.69 Å². The Balaban J connectivity index is 2.02. The molecule has 9 heteroatoms. The third kappa shape index (κ3) is 7.60. The summed E-state index contributed by atoms with van der Waals surface area (Å²) < 4.78 is 34.0. The maximum Gasteiger partial charge on any atom is 0.264 e. The van der Waals surface area contributed by atoms with Crippen LogP contribution in [-0.2, 0) is 26.2 Å². The molecule has 0 aliphatic carbocycles. The molecular formula is C30H37N3O5S. The zero-order chi connectivity index (χ0) is 28.7. The molecule has 0 spiro atoms. The van der Waals surface area contributed by atoms with Gasteiger partial charge in [0, 0.05) is 12.6 Å². The van der Waals surface area contributed by atoms with Crippen LogP contribution in [0, 0.1) is 13.8 Å². The van der Waals surface area contributed by atoms with Gasteiger partial charge in [-0.05, 0) is 76.6 Å². The SMILES string of the molecule is COc1ccc(S(=O)(=O)N(CC(=O)N(Cc2ccc(C)cc2)C(C)C(=O)NC(C)C)c2ccc(C)cc2)cc1. The summed E-state index contributed by atoms with van der Waals surface area (Å²) in [6, 6.07) is 19.7. The Kier molecular flexibility index (Phi) is 9.75. The Labute approximate surface area is 231 Å². The van der Waals surface area contributed by atoms with Crippen LogP contribution in [0.15, 0.2) is 77.7 Å². The van der Waals surface area contributed by atoms with Gasteiger partial charge in [0.15, 0.2) is 0 Å². The van der Waals surface area contributed by atoms with Crippen molar-refractivity contribution in [2.75, 3.05) is 18.0 Å². The highest BCUT2D eigenvalue weighted by atomic mass is 32.2. The number of hydrogen-bond acceptors (Lipinski definition) is 5. The van der Waals surface area contributed by atoms with Gasteiger partial charge < -0.3 is 15.0 Å². The van der Waals surface area contributed by atoms with Crippen molar-refractivity contribution in [2.45, 2.75) is 58.1 Å². The number of methoxy groups -OCH3 is 1. The number of carbonyl (C=O) groups excluding carboxylic acids is 2. The fraction of sp³-hybridized carbons (Fsp3) is 0.333. The van der Waals surface area contributed by atoms with Crippen molar-refractivity contribution in [3.63, 3.8) is 0 Å². The Morgan fingerprint density at radius 2 is 1.38 bits per heavy atom. The third-order valence-corrected chi connectivity index (χ3v) is 8.11. The molecule has 1 atom stereocenters. The van der Waals surface area contributed by atoms with Gasteiger partial charge in [-0.15, -0.1) is 0 Å². The second-order valence-electron chi connectivity index (χ2n) is 9.87. The summed E-state index contributed by atoms with van der Waals surface area (Å²) in [7, 11) is -2.63. The molecule has 3 aromatic rings. The predicted octanol–water partition coefficient (Wildman–Crippen LogP) is 4.45. The van der Waals surface area contributed by atoms with Crippen molar-refractivity contribution >= 4 is 27.5 Å². The molecule has 3 aromatic carbocycles. The first kappa shape index (κ1) is 29.7. The molecule has 0 saturated heterocycles. The number of sulfonamides is 1. The molecule has 1 unspecified atom stereocenters. The monoisotopic (exact) mass is 551 g/mol. The highest BCUT2D eigenvalue weighted by Gasteiger charge is 2.32. The number of rotatable bonds is 11. The quantitative estimate of drug-likeness (QED) is 0.380. The lowest BCUT2D eigenvalue weighted by molar-refractivity contribution is -0.139. The van der Waals surface area contributed by atoms with E-state index in [2.05, 4.69) is 5.32 Å². The standard InChI is InChI=1S/C30H37N3O5S/c1-21(2)31-30(35)24(5)32(19-25-11-7-22(3)8-12-25)29(34)20-33(26-13-9-23(4)10-14-26)39(36,37)28-17-15-27(38-6)16-18-28/h7-18,21,24H,19-20H2,1-6H3,(H,31,35). The number of aryl methyl sites for hydroxylation is 2. The second kappa shape index (κ2) is 12.8. The van der Waals surface area contributed by atoms with Gasteiger partial charge in [0.2, 0.25) is 11.8 Å². The average molecular weight is 552 g/mol. The van der Waals surface area contributed by atoms with Gasteiger partial charge in [0.05, 0.1) is 17.7 Å². The zero-order valence-electron chi connectivity index (χ0n) is 23.3. The average Bonchev–Trinajstić information content (AvgIpc) is 2.91. The Bertz CT molecular complexity index is 1370. The van der Waals surface area contributed by atoms with E-state index in [0.717, 1.165) is 21.0 Å². The summed E-state index contributed by atoms with van der Waals surface area (Å²) in [6.45, 7) is 8.87. The van der Waals surface area contributed by atoms with E-state index in [0.29, 0.717) is 11.4 Å². The van der Waals surface area contributed by atoms with Crippen LogP contribution in [0.3, 0.4) is 0 Å². The van der Waals surface area contributed by atoms with Crippen molar-refractivity contribution < 1.29 is 22.7 Å². The maximum absolute atomic E-state index is 13.9. The van der Waals surface area contributed by atoms with Crippen LogP contribution in [-0.4, -0.2) is 50.9 Å². The zero-order valence-corrected chi connectivity index (χ0v) is 24.2. The first-order chi connectivity index (χ1) is 18.4. The van der Waals surface area contributed by atoms with Crippen LogP contribution in [0.2, 0.25) is 0 Å². The fourth-order valence-electron chi connectivity index (χ4n) is 3.99. The summed E-state index contributed by atoms with van der Waals surface area (Å²) in [4.78, 5) is 28.3. The van der Waals surface area contributed by atoms with Crippen LogP contribution in [0.5, 0.6) is 5.75 Å². The summed E-state index contributed by atoms with van der Waals surface area (Å²) in [5.41, 5.74) is 3.20. The predicted molar refractivity (Wildman–Crippen MR) is 153 cm³/mol. The topological polar surface area (TPSA) is 96.0 Å². The van der Waals surface area contributed by atoms with Gasteiger partial charge >= 0.3 is 0 Å². The number of anilines is 1. The van der Waals surface area contributed by atoms with E-state index in [9.17, 15) is 18.0 Å². The normalized spacial score (nSPS) is 12.1. The molecule has 0 heterocycles. The minimum Gasteiger partial charge on any atom is -0.497 e. The van der Waals surface area contributed by atoms with E-state index >= 15 is 0 Å². The smallest absolute Gasteiger partial charge is 0.264 e. The number of nitrogens with one attached hydrogen (secondary N) is 1. The van der Waals surface area contributed by atoms with Gasteiger partial charge in [-0.1, -0.05) is 47.5 Å². The molecule has 0 fully saturated rings. The van der Waals surface area contributed by atoms with E-state index in [1.54, 1.807) is 43.3 Å². The summed E-state index contributed by atoms with van der Waals surface area (Å²) >= 11 is 0. The Hall–Kier alpha value is -3.85. The van der Waals surface area contributed by atoms with Crippen molar-refractivity contribution in [3.8, 4) is 5.75 Å². The van der Waals surface area contributed by atoms with Gasteiger partial charge in [0.25, 0.3) is 10.0 Å². The minimum absolute atomic E-state index is 0.0207. The molecule has 2 amide bonds.